The Balaban J connectivity index is 1.90. The van der Waals surface area contributed by atoms with Gasteiger partial charge in [-0.15, -0.1) is 0 Å². The molecule has 0 aliphatic rings. The van der Waals surface area contributed by atoms with Crippen LogP contribution in [0.2, 0.25) is 0 Å². The van der Waals surface area contributed by atoms with Crippen LogP contribution in [0, 0.1) is 25.2 Å². The quantitative estimate of drug-likeness (QED) is 0.370. The number of aryl methyl sites for hydroxylation is 2. The summed E-state index contributed by atoms with van der Waals surface area (Å²) in [7, 11) is 0. The number of phenolic OH excluding ortho intramolecular Hbond substituents is 1. The summed E-state index contributed by atoms with van der Waals surface area (Å²) in [4.78, 5) is 13.2. The molecule has 7 heteroatoms. The predicted molar refractivity (Wildman–Crippen MR) is 128 cm³/mol. The van der Waals surface area contributed by atoms with Gasteiger partial charge < -0.3 is 9.67 Å². The van der Waals surface area contributed by atoms with Crippen molar-refractivity contribution in [3.05, 3.63) is 111 Å². The van der Waals surface area contributed by atoms with Crippen LogP contribution in [0.1, 0.15) is 27.8 Å². The summed E-state index contributed by atoms with van der Waals surface area (Å²) in [5.74, 6) is 0.123. The summed E-state index contributed by atoms with van der Waals surface area (Å²) >= 11 is 0. The SMILES string of the molecule is Cc1ccc(Cn2c(-c3ccc(-c4ccc(O)cc4)cc3)cc(C(F)(F)F)c(C#N)c2=O)c(C)c1. The summed E-state index contributed by atoms with van der Waals surface area (Å²) in [6.45, 7) is 3.82. The first-order chi connectivity index (χ1) is 16.6. The van der Waals surface area contributed by atoms with Crippen LogP contribution in [0.5, 0.6) is 5.75 Å². The number of pyridine rings is 1. The Morgan fingerprint density at radius 1 is 0.886 bits per heavy atom. The van der Waals surface area contributed by atoms with Crippen molar-refractivity contribution in [1.82, 2.24) is 4.57 Å². The molecule has 0 fully saturated rings. The van der Waals surface area contributed by atoms with Gasteiger partial charge in [0.05, 0.1) is 17.8 Å². The summed E-state index contributed by atoms with van der Waals surface area (Å²) in [6.07, 6.45) is -4.86. The minimum atomic E-state index is -4.86. The predicted octanol–water partition coefficient (Wildman–Crippen LogP) is 6.44. The second-order valence-electron chi connectivity index (χ2n) is 8.37. The van der Waals surface area contributed by atoms with E-state index in [1.165, 1.54) is 10.6 Å². The second kappa shape index (κ2) is 9.15. The number of benzene rings is 3. The van der Waals surface area contributed by atoms with Crippen LogP contribution in [0.25, 0.3) is 22.4 Å². The molecule has 4 nitrogen and oxygen atoms in total. The van der Waals surface area contributed by atoms with Crippen LogP contribution in [-0.4, -0.2) is 9.67 Å². The zero-order valence-electron chi connectivity index (χ0n) is 19.0. The van der Waals surface area contributed by atoms with Crippen LogP contribution < -0.4 is 5.56 Å². The summed E-state index contributed by atoms with van der Waals surface area (Å²) in [6, 6.07) is 21.3. The third-order valence-corrected chi connectivity index (χ3v) is 5.93. The van der Waals surface area contributed by atoms with E-state index in [1.807, 2.05) is 32.0 Å². The molecule has 0 spiro atoms. The van der Waals surface area contributed by atoms with Crippen molar-refractivity contribution in [2.45, 2.75) is 26.6 Å². The molecular formula is C28H21F3N2O2. The van der Waals surface area contributed by atoms with Crippen molar-refractivity contribution in [2.75, 3.05) is 0 Å². The highest BCUT2D eigenvalue weighted by Crippen LogP contribution is 2.34. The zero-order valence-corrected chi connectivity index (χ0v) is 19.0. The van der Waals surface area contributed by atoms with Gasteiger partial charge in [-0.2, -0.15) is 18.4 Å². The molecule has 0 unspecified atom stereocenters. The normalized spacial score (nSPS) is 11.3. The molecule has 3 aromatic carbocycles. The molecule has 0 saturated heterocycles. The van der Waals surface area contributed by atoms with E-state index in [4.69, 9.17) is 0 Å². The number of hydrogen-bond acceptors (Lipinski definition) is 3. The smallest absolute Gasteiger partial charge is 0.417 e. The molecule has 176 valence electrons. The molecule has 0 atom stereocenters. The number of alkyl halides is 3. The number of hydrogen-bond donors (Lipinski definition) is 1. The zero-order chi connectivity index (χ0) is 25.3. The monoisotopic (exact) mass is 474 g/mol. The largest absolute Gasteiger partial charge is 0.508 e. The summed E-state index contributed by atoms with van der Waals surface area (Å²) < 4.78 is 42.6. The Labute approximate surface area is 200 Å². The van der Waals surface area contributed by atoms with Gasteiger partial charge >= 0.3 is 6.18 Å². The molecule has 0 amide bonds. The fourth-order valence-electron chi connectivity index (χ4n) is 4.05. The Morgan fingerprint density at radius 3 is 2.00 bits per heavy atom. The molecule has 4 rings (SSSR count). The maximum absolute atomic E-state index is 13.8. The lowest BCUT2D eigenvalue weighted by Crippen LogP contribution is -2.29. The lowest BCUT2D eigenvalue weighted by atomic mass is 9.99. The van der Waals surface area contributed by atoms with Crippen LogP contribution in [0.4, 0.5) is 13.2 Å². The van der Waals surface area contributed by atoms with Crippen molar-refractivity contribution in [1.29, 1.82) is 5.26 Å². The molecule has 0 aliphatic heterocycles. The Kier molecular flexibility index (Phi) is 6.23. The van der Waals surface area contributed by atoms with Crippen molar-refractivity contribution >= 4 is 0 Å². The fraction of sp³-hybridized carbons (Fsp3) is 0.143. The van der Waals surface area contributed by atoms with Gasteiger partial charge in [-0.05, 0) is 59.9 Å². The molecule has 1 heterocycles. The number of halogens is 3. The first-order valence-electron chi connectivity index (χ1n) is 10.8. The van der Waals surface area contributed by atoms with Crippen molar-refractivity contribution in [2.24, 2.45) is 0 Å². The molecule has 0 bridgehead atoms. The average molecular weight is 474 g/mol. The van der Waals surface area contributed by atoms with Gasteiger partial charge in [0, 0.05) is 0 Å². The molecule has 0 saturated carbocycles. The highest BCUT2D eigenvalue weighted by Gasteiger charge is 2.36. The van der Waals surface area contributed by atoms with E-state index in [1.54, 1.807) is 48.5 Å². The molecule has 0 aliphatic carbocycles. The van der Waals surface area contributed by atoms with E-state index in [9.17, 15) is 28.3 Å². The summed E-state index contributed by atoms with van der Waals surface area (Å²) in [5, 5.41) is 18.9. The molecule has 1 N–H and O–H groups in total. The van der Waals surface area contributed by atoms with Crippen molar-refractivity contribution in [3.63, 3.8) is 0 Å². The second-order valence-corrected chi connectivity index (χ2v) is 8.37. The molecule has 1 aromatic heterocycles. The van der Waals surface area contributed by atoms with E-state index in [0.717, 1.165) is 33.9 Å². The Bertz CT molecular complexity index is 1490. The average Bonchev–Trinajstić information content (AvgIpc) is 2.81. The number of aromatic hydroxyl groups is 1. The van der Waals surface area contributed by atoms with Crippen LogP contribution >= 0.6 is 0 Å². The lowest BCUT2D eigenvalue weighted by molar-refractivity contribution is -0.137. The minimum absolute atomic E-state index is 0.0206. The third kappa shape index (κ3) is 4.82. The van der Waals surface area contributed by atoms with Gasteiger partial charge in [-0.1, -0.05) is 60.2 Å². The van der Waals surface area contributed by atoms with Gasteiger partial charge in [0.25, 0.3) is 5.56 Å². The van der Waals surface area contributed by atoms with Gasteiger partial charge in [0.1, 0.15) is 17.4 Å². The maximum Gasteiger partial charge on any atom is 0.417 e. The van der Waals surface area contributed by atoms with Crippen molar-refractivity contribution < 1.29 is 18.3 Å². The van der Waals surface area contributed by atoms with Gasteiger partial charge in [0.15, 0.2) is 0 Å². The highest BCUT2D eigenvalue weighted by atomic mass is 19.4. The number of aromatic nitrogens is 1. The topological polar surface area (TPSA) is 66.0 Å². The van der Waals surface area contributed by atoms with E-state index in [0.29, 0.717) is 5.56 Å². The number of nitrogens with zero attached hydrogens (tertiary/aromatic N) is 2. The third-order valence-electron chi connectivity index (χ3n) is 5.93. The number of rotatable bonds is 4. The Hall–Kier alpha value is -4.31. The van der Waals surface area contributed by atoms with Crippen molar-refractivity contribution in [3.8, 4) is 34.2 Å². The molecule has 35 heavy (non-hydrogen) atoms. The van der Waals surface area contributed by atoms with E-state index in [2.05, 4.69) is 0 Å². The first kappa shape index (κ1) is 23.8. The number of phenols is 1. The minimum Gasteiger partial charge on any atom is -0.508 e. The lowest BCUT2D eigenvalue weighted by Gasteiger charge is -2.19. The van der Waals surface area contributed by atoms with E-state index >= 15 is 0 Å². The standard InChI is InChI=1S/C28H21F3N2O2/c1-17-3-4-22(18(2)13-17)16-33-26(14-25(28(29,30)31)24(15-32)27(33)35)21-7-5-19(6-8-21)20-9-11-23(34)12-10-20/h3-14,34H,16H2,1-2H3. The van der Waals surface area contributed by atoms with Crippen LogP contribution in [0.15, 0.2) is 77.6 Å². The molecular weight excluding hydrogens is 453 g/mol. The van der Waals surface area contributed by atoms with Crippen LogP contribution in [-0.2, 0) is 12.7 Å². The highest BCUT2D eigenvalue weighted by molar-refractivity contribution is 5.70. The summed E-state index contributed by atoms with van der Waals surface area (Å²) in [5.41, 5.74) is 1.61. The first-order valence-corrected chi connectivity index (χ1v) is 10.8. The van der Waals surface area contributed by atoms with Crippen LogP contribution in [0.3, 0.4) is 0 Å². The molecule has 4 aromatic rings. The van der Waals surface area contributed by atoms with Gasteiger partial charge in [-0.3, -0.25) is 4.79 Å². The van der Waals surface area contributed by atoms with Gasteiger partial charge in [-0.25, -0.2) is 0 Å². The maximum atomic E-state index is 13.8. The Morgan fingerprint density at radius 2 is 1.46 bits per heavy atom. The van der Waals surface area contributed by atoms with Gasteiger partial charge in [0.2, 0.25) is 0 Å². The van der Waals surface area contributed by atoms with E-state index in [-0.39, 0.29) is 18.0 Å². The number of nitriles is 1. The fourth-order valence-corrected chi connectivity index (χ4v) is 4.05. The van der Waals surface area contributed by atoms with E-state index < -0.39 is 22.9 Å². The molecule has 0 radical (unpaired) electrons.